The lowest BCUT2D eigenvalue weighted by Gasteiger charge is -2.13. The van der Waals surface area contributed by atoms with Crippen LogP contribution in [-0.4, -0.2) is 24.9 Å². The van der Waals surface area contributed by atoms with Gasteiger partial charge in [-0.15, -0.1) is 0 Å². The van der Waals surface area contributed by atoms with Crippen LogP contribution in [0.5, 0.6) is 0 Å². The molecule has 0 spiro atoms. The van der Waals surface area contributed by atoms with E-state index in [2.05, 4.69) is 4.74 Å². The molecule has 1 aliphatic heterocycles. The summed E-state index contributed by atoms with van der Waals surface area (Å²) in [5.41, 5.74) is 7.49. The molecular formula is C12H12N2O4. The van der Waals surface area contributed by atoms with Crippen LogP contribution in [0.1, 0.15) is 11.1 Å². The van der Waals surface area contributed by atoms with Gasteiger partial charge in [0.25, 0.3) is 0 Å². The number of hydrogen-bond acceptors (Lipinski definition) is 5. The van der Waals surface area contributed by atoms with Gasteiger partial charge >= 0.3 is 11.9 Å². The molecule has 2 N–H and O–H groups in total. The van der Waals surface area contributed by atoms with Crippen LogP contribution in [0.4, 0.5) is 5.69 Å². The molecule has 18 heavy (non-hydrogen) atoms. The van der Waals surface area contributed by atoms with Gasteiger partial charge in [-0.25, -0.2) is 9.69 Å². The van der Waals surface area contributed by atoms with E-state index in [1.807, 2.05) is 0 Å². The number of carbonyl (C=O) groups excluding carboxylic acids is 3. The molecule has 94 valence electrons. The largest absolute Gasteiger partial charge is 0.462 e. The number of nitrogens with two attached hydrogens (primary N) is 1. The van der Waals surface area contributed by atoms with Crippen molar-refractivity contribution in [3.63, 3.8) is 0 Å². The van der Waals surface area contributed by atoms with E-state index in [9.17, 15) is 14.4 Å². The van der Waals surface area contributed by atoms with Gasteiger partial charge in [0.05, 0.1) is 19.2 Å². The number of hydrogen-bond donors (Lipinski definition) is 1. The van der Waals surface area contributed by atoms with Crippen LogP contribution in [0, 0.1) is 0 Å². The highest BCUT2D eigenvalue weighted by molar-refractivity contribution is 6.44. The maximum Gasteiger partial charge on any atom is 0.397 e. The van der Waals surface area contributed by atoms with E-state index >= 15 is 0 Å². The van der Waals surface area contributed by atoms with Gasteiger partial charge in [0.2, 0.25) is 5.91 Å². The van der Waals surface area contributed by atoms with E-state index in [1.54, 1.807) is 18.2 Å². The topological polar surface area (TPSA) is 89.7 Å². The Kier molecular flexibility index (Phi) is 3.12. The smallest absolute Gasteiger partial charge is 0.397 e. The third-order valence-corrected chi connectivity index (χ3v) is 2.77. The molecule has 0 aliphatic carbocycles. The molecule has 0 saturated heterocycles. The van der Waals surface area contributed by atoms with E-state index in [-0.39, 0.29) is 6.42 Å². The maximum atomic E-state index is 11.8. The third kappa shape index (κ3) is 1.86. The fraction of sp³-hybridized carbons (Fsp3) is 0.250. The van der Waals surface area contributed by atoms with E-state index in [0.29, 0.717) is 17.8 Å². The van der Waals surface area contributed by atoms with Crippen molar-refractivity contribution in [2.24, 2.45) is 5.73 Å². The minimum Gasteiger partial charge on any atom is -0.462 e. The quantitative estimate of drug-likeness (QED) is 0.546. The zero-order chi connectivity index (χ0) is 13.3. The second kappa shape index (κ2) is 4.58. The van der Waals surface area contributed by atoms with Crippen LogP contribution in [-0.2, 0) is 32.1 Å². The van der Waals surface area contributed by atoms with Crippen LogP contribution < -0.4 is 10.6 Å². The molecule has 0 radical (unpaired) electrons. The molecule has 0 unspecified atom stereocenters. The number of anilines is 1. The van der Waals surface area contributed by atoms with Crippen LogP contribution in [0.2, 0.25) is 0 Å². The van der Waals surface area contributed by atoms with E-state index in [1.165, 1.54) is 0 Å². The number of carbonyl (C=O) groups is 3. The van der Waals surface area contributed by atoms with Crippen molar-refractivity contribution in [3.05, 3.63) is 29.3 Å². The lowest BCUT2D eigenvalue weighted by atomic mass is 10.1. The number of fused-ring (bicyclic) bond motifs is 1. The van der Waals surface area contributed by atoms with E-state index in [0.717, 1.165) is 17.6 Å². The Hall–Kier alpha value is -2.21. The van der Waals surface area contributed by atoms with Gasteiger partial charge in [-0.05, 0) is 17.2 Å². The van der Waals surface area contributed by atoms with Crippen LogP contribution in [0.15, 0.2) is 18.2 Å². The normalized spacial score (nSPS) is 13.4. The molecule has 6 heteroatoms. The first-order valence-electron chi connectivity index (χ1n) is 5.35. The highest BCUT2D eigenvalue weighted by atomic mass is 16.5. The number of rotatable bonds is 1. The van der Waals surface area contributed by atoms with Gasteiger partial charge < -0.3 is 10.5 Å². The predicted octanol–water partition coefficient (Wildman–Crippen LogP) is -0.266. The Balaban J connectivity index is 2.39. The Labute approximate surface area is 103 Å². The van der Waals surface area contributed by atoms with Crippen molar-refractivity contribution in [2.75, 3.05) is 12.0 Å². The molecule has 1 aliphatic rings. The molecule has 2 rings (SSSR count). The van der Waals surface area contributed by atoms with Crippen LogP contribution in [0.3, 0.4) is 0 Å². The average Bonchev–Trinajstić information content (AvgIpc) is 2.71. The summed E-state index contributed by atoms with van der Waals surface area (Å²) in [5, 5.41) is 0. The molecule has 2 amide bonds. The molecule has 6 nitrogen and oxygen atoms in total. The van der Waals surface area contributed by atoms with Gasteiger partial charge in [-0.1, -0.05) is 12.1 Å². The minimum atomic E-state index is -1.06. The summed E-state index contributed by atoms with van der Waals surface area (Å²) in [5.74, 6) is -2.46. The Bertz CT molecular complexity index is 539. The monoisotopic (exact) mass is 248 g/mol. The van der Waals surface area contributed by atoms with Crippen molar-refractivity contribution >= 4 is 23.5 Å². The van der Waals surface area contributed by atoms with Crippen LogP contribution >= 0.6 is 0 Å². The standard InChI is InChI=1S/C12H12N2O4/c1-18-12(17)11(16)14-9-3-2-7(6-13)4-8(9)5-10(14)15/h2-4H,5-6,13H2,1H3. The molecule has 1 aromatic rings. The first-order valence-corrected chi connectivity index (χ1v) is 5.35. The predicted molar refractivity (Wildman–Crippen MR) is 62.5 cm³/mol. The van der Waals surface area contributed by atoms with Crippen LogP contribution in [0.25, 0.3) is 0 Å². The van der Waals surface area contributed by atoms with Gasteiger partial charge in [-0.3, -0.25) is 9.59 Å². The second-order valence-electron chi connectivity index (χ2n) is 3.87. The first-order chi connectivity index (χ1) is 8.58. The van der Waals surface area contributed by atoms with E-state index < -0.39 is 17.8 Å². The molecule has 0 atom stereocenters. The molecule has 0 aromatic heterocycles. The lowest BCUT2D eigenvalue weighted by Crippen LogP contribution is -2.39. The Morgan fingerprint density at radius 1 is 1.44 bits per heavy atom. The molecule has 0 saturated carbocycles. The summed E-state index contributed by atoms with van der Waals surface area (Å²) < 4.78 is 4.33. The number of amides is 2. The highest BCUT2D eigenvalue weighted by Crippen LogP contribution is 2.29. The zero-order valence-corrected chi connectivity index (χ0v) is 9.80. The van der Waals surface area contributed by atoms with E-state index in [4.69, 9.17) is 5.73 Å². The minimum absolute atomic E-state index is 0.0892. The average molecular weight is 248 g/mol. The van der Waals surface area contributed by atoms with Gasteiger partial charge in [-0.2, -0.15) is 0 Å². The number of imide groups is 1. The summed E-state index contributed by atoms with van der Waals surface area (Å²) in [7, 11) is 1.10. The number of esters is 1. The summed E-state index contributed by atoms with van der Waals surface area (Å²) in [6.07, 6.45) is 0.0892. The molecule has 0 fully saturated rings. The molecular weight excluding hydrogens is 236 g/mol. The summed E-state index contributed by atoms with van der Waals surface area (Å²) in [4.78, 5) is 35.5. The molecule has 0 bridgehead atoms. The number of ether oxygens (including phenoxy) is 1. The number of methoxy groups -OCH3 is 1. The summed E-state index contributed by atoms with van der Waals surface area (Å²) in [6, 6.07) is 5.09. The van der Waals surface area contributed by atoms with Crippen molar-refractivity contribution in [2.45, 2.75) is 13.0 Å². The molecule has 1 heterocycles. The highest BCUT2D eigenvalue weighted by Gasteiger charge is 2.36. The van der Waals surface area contributed by atoms with Gasteiger partial charge in [0.1, 0.15) is 0 Å². The second-order valence-corrected chi connectivity index (χ2v) is 3.87. The fourth-order valence-corrected chi connectivity index (χ4v) is 1.90. The number of benzene rings is 1. The first kappa shape index (κ1) is 12.3. The van der Waals surface area contributed by atoms with Gasteiger partial charge in [0.15, 0.2) is 0 Å². The fourth-order valence-electron chi connectivity index (χ4n) is 1.90. The zero-order valence-electron chi connectivity index (χ0n) is 9.80. The number of nitrogens with zero attached hydrogens (tertiary/aromatic N) is 1. The summed E-state index contributed by atoms with van der Waals surface area (Å²) >= 11 is 0. The Morgan fingerprint density at radius 3 is 2.78 bits per heavy atom. The summed E-state index contributed by atoms with van der Waals surface area (Å²) in [6.45, 7) is 0.354. The third-order valence-electron chi connectivity index (χ3n) is 2.77. The SMILES string of the molecule is COC(=O)C(=O)N1C(=O)Cc2cc(CN)ccc21. The van der Waals surface area contributed by atoms with Crippen molar-refractivity contribution < 1.29 is 19.1 Å². The Morgan fingerprint density at radius 2 is 2.17 bits per heavy atom. The lowest BCUT2D eigenvalue weighted by molar-refractivity contribution is -0.152. The molecule has 1 aromatic carbocycles. The van der Waals surface area contributed by atoms with Crippen molar-refractivity contribution in [3.8, 4) is 0 Å². The van der Waals surface area contributed by atoms with Crippen molar-refractivity contribution in [1.29, 1.82) is 0 Å². The van der Waals surface area contributed by atoms with Gasteiger partial charge in [0, 0.05) is 6.54 Å². The van der Waals surface area contributed by atoms with Crippen molar-refractivity contribution in [1.82, 2.24) is 0 Å². The maximum absolute atomic E-state index is 11.8.